The van der Waals surface area contributed by atoms with Crippen LogP contribution in [0.3, 0.4) is 0 Å². The van der Waals surface area contributed by atoms with E-state index in [4.69, 9.17) is 0 Å². The molecule has 8 nitrogen and oxygen atoms in total. The standard InChI is InChI=1S/C21H18F6N8/c1-11-8-28-16(30-17-3-4-29-33(17)2)6-14(11)12-5-15-18-31-32-19(20(23,24)21(25,26)27)35(18)13(7-22)10-34(15)9-12/h3-6,8-9,13H,7,10H2,1-2H3,(H,28,30)/t13-/m0/s1. The van der Waals surface area contributed by atoms with Gasteiger partial charge in [-0.1, -0.05) is 0 Å². The van der Waals surface area contributed by atoms with Crippen molar-refractivity contribution in [3.8, 4) is 22.6 Å². The second kappa shape index (κ2) is 7.85. The van der Waals surface area contributed by atoms with Crippen LogP contribution in [0.25, 0.3) is 22.6 Å². The highest BCUT2D eigenvalue weighted by atomic mass is 19.4. The monoisotopic (exact) mass is 496 g/mol. The van der Waals surface area contributed by atoms with Gasteiger partial charge >= 0.3 is 12.1 Å². The Morgan fingerprint density at radius 1 is 1.14 bits per heavy atom. The highest BCUT2D eigenvalue weighted by molar-refractivity contribution is 5.75. The zero-order valence-corrected chi connectivity index (χ0v) is 18.4. The second-order valence-electron chi connectivity index (χ2n) is 8.21. The van der Waals surface area contributed by atoms with Crippen LogP contribution in [0.1, 0.15) is 17.4 Å². The third-order valence-electron chi connectivity index (χ3n) is 5.90. The van der Waals surface area contributed by atoms with E-state index in [1.54, 1.807) is 53.1 Å². The van der Waals surface area contributed by atoms with Crippen molar-refractivity contribution < 1.29 is 26.3 Å². The number of fused-ring (bicyclic) bond motifs is 3. The Kier molecular flexibility index (Phi) is 5.14. The molecule has 0 spiro atoms. The Bertz CT molecular complexity index is 1400. The molecule has 1 atom stereocenters. The van der Waals surface area contributed by atoms with Crippen molar-refractivity contribution in [2.45, 2.75) is 31.6 Å². The normalized spacial score (nSPS) is 15.7. The summed E-state index contributed by atoms with van der Waals surface area (Å²) in [4.78, 5) is 4.35. The van der Waals surface area contributed by atoms with E-state index in [2.05, 4.69) is 25.6 Å². The zero-order chi connectivity index (χ0) is 25.1. The van der Waals surface area contributed by atoms with Gasteiger partial charge in [-0.3, -0.25) is 9.25 Å². The molecular weight excluding hydrogens is 478 g/mol. The molecule has 4 aromatic rings. The maximum Gasteiger partial charge on any atom is 0.461 e. The third kappa shape index (κ3) is 3.63. The van der Waals surface area contributed by atoms with E-state index in [1.165, 1.54) is 0 Å². The number of halogens is 6. The Hall–Kier alpha value is -3.84. The topological polar surface area (TPSA) is 78.4 Å². The van der Waals surface area contributed by atoms with Crippen LogP contribution in [-0.2, 0) is 19.5 Å². The van der Waals surface area contributed by atoms with E-state index in [1.807, 2.05) is 6.92 Å². The van der Waals surface area contributed by atoms with E-state index < -0.39 is 30.6 Å². The number of alkyl halides is 6. The lowest BCUT2D eigenvalue weighted by atomic mass is 10.1. The van der Waals surface area contributed by atoms with Crippen molar-refractivity contribution in [1.82, 2.24) is 34.1 Å². The molecule has 184 valence electrons. The van der Waals surface area contributed by atoms with Crippen LogP contribution < -0.4 is 5.32 Å². The smallest absolute Gasteiger partial charge is 0.342 e. The SMILES string of the molecule is Cc1cnc(Nc2ccnn2C)cc1-c1cc2n(c1)C[C@H](CF)n1c-2nnc1C(F)(F)C(F)(F)F. The fourth-order valence-electron chi connectivity index (χ4n) is 4.11. The highest BCUT2D eigenvalue weighted by Crippen LogP contribution is 2.46. The third-order valence-corrected chi connectivity index (χ3v) is 5.90. The second-order valence-corrected chi connectivity index (χ2v) is 8.21. The van der Waals surface area contributed by atoms with Crippen LogP contribution in [0.4, 0.5) is 38.0 Å². The first kappa shape index (κ1) is 22.9. The average Bonchev–Trinajstić information content (AvgIpc) is 3.52. The fourth-order valence-corrected chi connectivity index (χ4v) is 4.11. The van der Waals surface area contributed by atoms with Crippen molar-refractivity contribution in [3.63, 3.8) is 0 Å². The minimum absolute atomic E-state index is 0.165. The number of hydrogen-bond donors (Lipinski definition) is 1. The molecule has 1 aliphatic rings. The number of pyridine rings is 1. The first-order valence-corrected chi connectivity index (χ1v) is 10.4. The highest BCUT2D eigenvalue weighted by Gasteiger charge is 2.63. The predicted molar refractivity (Wildman–Crippen MR) is 113 cm³/mol. The maximum absolute atomic E-state index is 14.1. The molecule has 0 unspecified atom stereocenters. The van der Waals surface area contributed by atoms with E-state index in [0.717, 1.165) is 11.1 Å². The van der Waals surface area contributed by atoms with Gasteiger partial charge < -0.3 is 9.88 Å². The summed E-state index contributed by atoms with van der Waals surface area (Å²) in [7, 11) is 1.76. The van der Waals surface area contributed by atoms with Crippen molar-refractivity contribution in [3.05, 3.63) is 48.2 Å². The Morgan fingerprint density at radius 3 is 2.57 bits per heavy atom. The first-order valence-electron chi connectivity index (χ1n) is 10.4. The van der Waals surface area contributed by atoms with Gasteiger partial charge in [0, 0.05) is 37.6 Å². The lowest BCUT2D eigenvalue weighted by Crippen LogP contribution is -2.38. The molecule has 5 rings (SSSR count). The molecule has 1 aliphatic heterocycles. The van der Waals surface area contributed by atoms with Crippen LogP contribution in [0.2, 0.25) is 0 Å². The van der Waals surface area contributed by atoms with Gasteiger partial charge in [0.1, 0.15) is 18.3 Å². The molecule has 0 amide bonds. The summed E-state index contributed by atoms with van der Waals surface area (Å²) in [6, 6.07) is 3.80. The molecule has 0 aromatic carbocycles. The predicted octanol–water partition coefficient (Wildman–Crippen LogP) is 4.77. The molecule has 0 radical (unpaired) electrons. The van der Waals surface area contributed by atoms with E-state index >= 15 is 0 Å². The zero-order valence-electron chi connectivity index (χ0n) is 18.4. The molecule has 5 heterocycles. The summed E-state index contributed by atoms with van der Waals surface area (Å²) in [6.45, 7) is 0.482. The quantitative estimate of drug-likeness (QED) is 0.403. The Balaban J connectivity index is 1.57. The number of nitrogens with zero attached hydrogens (tertiary/aromatic N) is 7. The summed E-state index contributed by atoms with van der Waals surface area (Å²) < 4.78 is 84.9. The fraction of sp³-hybridized carbons (Fsp3) is 0.333. The minimum atomic E-state index is -5.90. The summed E-state index contributed by atoms with van der Waals surface area (Å²) in [5.41, 5.74) is 2.40. The van der Waals surface area contributed by atoms with E-state index in [0.29, 0.717) is 21.8 Å². The number of rotatable bonds is 5. The number of hydrogen-bond acceptors (Lipinski definition) is 5. The molecule has 14 heteroatoms. The number of aryl methyl sites for hydroxylation is 2. The lowest BCUT2D eigenvalue weighted by molar-refractivity contribution is -0.293. The Labute approximate surface area is 194 Å². The maximum atomic E-state index is 14.1. The van der Waals surface area contributed by atoms with Gasteiger partial charge in [0.05, 0.1) is 17.9 Å². The van der Waals surface area contributed by atoms with Crippen molar-refractivity contribution >= 4 is 11.6 Å². The lowest BCUT2D eigenvalue weighted by Gasteiger charge is -2.28. The van der Waals surface area contributed by atoms with Gasteiger partial charge in [0.25, 0.3) is 0 Å². The molecule has 0 aliphatic carbocycles. The summed E-state index contributed by atoms with van der Waals surface area (Å²) >= 11 is 0. The van der Waals surface area contributed by atoms with Crippen LogP contribution in [0.15, 0.2) is 36.8 Å². The number of nitrogens with one attached hydrogen (secondary N) is 1. The molecule has 4 aromatic heterocycles. The number of anilines is 2. The molecule has 0 fully saturated rings. The Morgan fingerprint density at radius 2 is 1.91 bits per heavy atom. The van der Waals surface area contributed by atoms with Crippen molar-refractivity contribution in [2.24, 2.45) is 7.05 Å². The van der Waals surface area contributed by atoms with Crippen molar-refractivity contribution in [1.29, 1.82) is 0 Å². The summed E-state index contributed by atoms with van der Waals surface area (Å²) in [5, 5.41) is 13.9. The molecule has 35 heavy (non-hydrogen) atoms. The van der Waals surface area contributed by atoms with Gasteiger partial charge in [0.15, 0.2) is 5.82 Å². The molecule has 0 bridgehead atoms. The molecule has 0 saturated heterocycles. The van der Waals surface area contributed by atoms with Crippen LogP contribution in [0, 0.1) is 6.92 Å². The molecule has 0 saturated carbocycles. The average molecular weight is 496 g/mol. The van der Waals surface area contributed by atoms with Crippen LogP contribution >= 0.6 is 0 Å². The van der Waals surface area contributed by atoms with Gasteiger partial charge in [0.2, 0.25) is 5.82 Å². The largest absolute Gasteiger partial charge is 0.461 e. The summed E-state index contributed by atoms with van der Waals surface area (Å²) in [5.74, 6) is -5.96. The minimum Gasteiger partial charge on any atom is -0.342 e. The molecule has 1 N–H and O–H groups in total. The van der Waals surface area contributed by atoms with E-state index in [-0.39, 0.29) is 18.1 Å². The van der Waals surface area contributed by atoms with Crippen LogP contribution in [-0.4, -0.2) is 46.9 Å². The van der Waals surface area contributed by atoms with Gasteiger partial charge in [-0.25, -0.2) is 9.37 Å². The van der Waals surface area contributed by atoms with Gasteiger partial charge in [-0.2, -0.15) is 27.1 Å². The van der Waals surface area contributed by atoms with Gasteiger partial charge in [-0.15, -0.1) is 10.2 Å². The van der Waals surface area contributed by atoms with Crippen LogP contribution in [0.5, 0.6) is 0 Å². The summed E-state index contributed by atoms with van der Waals surface area (Å²) in [6.07, 6.45) is -0.964. The first-order chi connectivity index (χ1) is 16.5. The molecular formula is C21H18F6N8. The van der Waals surface area contributed by atoms with Gasteiger partial charge in [-0.05, 0) is 30.2 Å². The van der Waals surface area contributed by atoms with E-state index in [9.17, 15) is 26.3 Å². The van der Waals surface area contributed by atoms with Crippen molar-refractivity contribution in [2.75, 3.05) is 12.0 Å². The number of aromatic nitrogens is 7.